The van der Waals surface area contributed by atoms with E-state index in [1.54, 1.807) is 0 Å². The predicted octanol–water partition coefficient (Wildman–Crippen LogP) is 6.08. The Morgan fingerprint density at radius 2 is 1.63 bits per heavy atom. The number of nitrogens with zero attached hydrogens (tertiary/aromatic N) is 2. The number of nitrogens with one attached hydrogen (secondary N) is 2. The van der Waals surface area contributed by atoms with Gasteiger partial charge in [0.2, 0.25) is 5.82 Å². The number of nitro benzene ring substituents is 1. The number of alkyl halides is 6. The number of pyridine rings is 1. The highest BCUT2D eigenvalue weighted by Crippen LogP contribution is 2.36. The highest BCUT2D eigenvalue weighted by atomic mass is 19.4. The van der Waals surface area contributed by atoms with Crippen LogP contribution in [0, 0.1) is 15.9 Å². The van der Waals surface area contributed by atoms with Crippen molar-refractivity contribution in [1.29, 1.82) is 0 Å². The van der Waals surface area contributed by atoms with Crippen LogP contribution in [0.2, 0.25) is 0 Å². The van der Waals surface area contributed by atoms with E-state index >= 15 is 0 Å². The van der Waals surface area contributed by atoms with Crippen molar-refractivity contribution >= 4 is 17.4 Å². The zero-order valence-corrected chi connectivity index (χ0v) is 17.1. The second-order valence-corrected chi connectivity index (χ2v) is 7.01. The highest BCUT2D eigenvalue weighted by molar-refractivity contribution is 5.90. The van der Waals surface area contributed by atoms with E-state index in [9.17, 15) is 45.6 Å². The fraction of sp³-hybridized carbons (Fsp3) is 0.143. The van der Waals surface area contributed by atoms with Crippen molar-refractivity contribution in [3.05, 3.63) is 99.1 Å². The summed E-state index contributed by atoms with van der Waals surface area (Å²) in [6, 6.07) is 4.18. The largest absolute Gasteiger partial charge is 0.418 e. The van der Waals surface area contributed by atoms with Gasteiger partial charge in [0.15, 0.2) is 0 Å². The molecule has 2 amide bonds. The summed E-state index contributed by atoms with van der Waals surface area (Å²) in [6.45, 7) is 0. The number of benzene rings is 2. The third kappa shape index (κ3) is 6.02. The SMILES string of the molecule is O=C(Nc1ccc(F)c([N+](=O)[O-])c1)NC(c1ccc(C(F)(F)F)cc1)c1ncccc1C(F)(F)F. The van der Waals surface area contributed by atoms with Crippen molar-refractivity contribution in [3.8, 4) is 0 Å². The fourth-order valence-electron chi connectivity index (χ4n) is 3.09. The van der Waals surface area contributed by atoms with Crippen LogP contribution >= 0.6 is 0 Å². The molecule has 1 unspecified atom stereocenters. The van der Waals surface area contributed by atoms with Gasteiger partial charge >= 0.3 is 24.1 Å². The molecule has 0 bridgehead atoms. The van der Waals surface area contributed by atoms with E-state index in [0.717, 1.165) is 30.5 Å². The Kier molecular flexibility index (Phi) is 6.94. The minimum atomic E-state index is -4.91. The Bertz CT molecular complexity index is 1240. The van der Waals surface area contributed by atoms with Crippen LogP contribution in [0.25, 0.3) is 0 Å². The standard InChI is InChI=1S/C21H13F7N4O3/c22-15-8-7-13(10-16(15)32(34)35)30-19(33)31-17(11-3-5-12(6-4-11)20(23,24)25)18-14(21(26,27)28)2-1-9-29-18/h1-10,17H,(H2,30,31,33). The Morgan fingerprint density at radius 3 is 2.20 bits per heavy atom. The number of halogens is 7. The first-order valence-corrected chi connectivity index (χ1v) is 9.48. The number of rotatable bonds is 5. The van der Waals surface area contributed by atoms with Gasteiger partial charge in [0.1, 0.15) is 0 Å². The Hall–Kier alpha value is -4.23. The maximum Gasteiger partial charge on any atom is 0.418 e. The van der Waals surface area contributed by atoms with E-state index in [2.05, 4.69) is 15.6 Å². The lowest BCUT2D eigenvalue weighted by Gasteiger charge is -2.23. The van der Waals surface area contributed by atoms with Gasteiger partial charge in [0, 0.05) is 18.0 Å². The minimum Gasteiger partial charge on any atom is -0.325 e. The number of nitro groups is 1. The first-order chi connectivity index (χ1) is 16.3. The molecule has 7 nitrogen and oxygen atoms in total. The Labute approximate surface area is 191 Å². The fourth-order valence-corrected chi connectivity index (χ4v) is 3.09. The molecular formula is C21H13F7N4O3. The molecule has 0 radical (unpaired) electrons. The lowest BCUT2D eigenvalue weighted by atomic mass is 9.98. The average Bonchev–Trinajstić information content (AvgIpc) is 2.77. The predicted molar refractivity (Wildman–Crippen MR) is 108 cm³/mol. The molecule has 0 saturated carbocycles. The number of hydrogen-bond donors (Lipinski definition) is 2. The summed E-state index contributed by atoms with van der Waals surface area (Å²) in [4.78, 5) is 26.1. The summed E-state index contributed by atoms with van der Waals surface area (Å²) in [5.74, 6) is -1.19. The zero-order chi connectivity index (χ0) is 26.0. The quantitative estimate of drug-likeness (QED) is 0.251. The molecule has 0 aliphatic carbocycles. The maximum absolute atomic E-state index is 13.6. The van der Waals surface area contributed by atoms with Crippen LogP contribution in [0.5, 0.6) is 0 Å². The molecule has 14 heteroatoms. The third-order valence-corrected chi connectivity index (χ3v) is 4.66. The van der Waals surface area contributed by atoms with E-state index in [1.165, 1.54) is 0 Å². The summed E-state index contributed by atoms with van der Waals surface area (Å²) >= 11 is 0. The van der Waals surface area contributed by atoms with Gasteiger partial charge < -0.3 is 10.6 Å². The molecule has 0 spiro atoms. The monoisotopic (exact) mass is 502 g/mol. The Balaban J connectivity index is 1.99. The zero-order valence-electron chi connectivity index (χ0n) is 17.1. The summed E-state index contributed by atoms with van der Waals surface area (Å²) in [7, 11) is 0. The molecule has 35 heavy (non-hydrogen) atoms. The normalized spacial score (nSPS) is 12.7. The van der Waals surface area contributed by atoms with Gasteiger partial charge in [-0.15, -0.1) is 0 Å². The first-order valence-electron chi connectivity index (χ1n) is 9.48. The van der Waals surface area contributed by atoms with Crippen LogP contribution in [-0.2, 0) is 12.4 Å². The molecule has 3 rings (SSSR count). The number of amides is 2. The smallest absolute Gasteiger partial charge is 0.325 e. The highest BCUT2D eigenvalue weighted by Gasteiger charge is 2.37. The second kappa shape index (κ2) is 9.56. The van der Waals surface area contributed by atoms with Crippen LogP contribution < -0.4 is 10.6 Å². The van der Waals surface area contributed by atoms with Crippen LogP contribution in [0.4, 0.5) is 46.9 Å². The summed E-state index contributed by atoms with van der Waals surface area (Å²) in [5, 5.41) is 15.2. The van der Waals surface area contributed by atoms with E-state index in [1.807, 2.05) is 0 Å². The maximum atomic E-state index is 13.6. The van der Waals surface area contributed by atoms with Crippen LogP contribution in [-0.4, -0.2) is 15.9 Å². The molecule has 0 fully saturated rings. The number of anilines is 1. The van der Waals surface area contributed by atoms with E-state index in [0.29, 0.717) is 30.3 Å². The summed E-state index contributed by atoms with van der Waals surface area (Å²) < 4.78 is 93.0. The molecular weight excluding hydrogens is 489 g/mol. The van der Waals surface area contributed by atoms with Gasteiger partial charge in [0.05, 0.1) is 27.8 Å². The molecule has 1 heterocycles. The molecule has 184 valence electrons. The van der Waals surface area contributed by atoms with Gasteiger partial charge in [-0.2, -0.15) is 30.7 Å². The number of aromatic nitrogens is 1. The van der Waals surface area contributed by atoms with Gasteiger partial charge in [-0.25, -0.2) is 4.79 Å². The topological polar surface area (TPSA) is 97.2 Å². The van der Waals surface area contributed by atoms with E-state index in [4.69, 9.17) is 0 Å². The molecule has 2 aromatic carbocycles. The summed E-state index contributed by atoms with van der Waals surface area (Å²) in [6.07, 6.45) is -8.62. The molecule has 1 atom stereocenters. The molecule has 1 aromatic heterocycles. The molecule has 3 aromatic rings. The summed E-state index contributed by atoms with van der Waals surface area (Å²) in [5.41, 5.74) is -4.42. The van der Waals surface area contributed by atoms with Crippen LogP contribution in [0.3, 0.4) is 0 Å². The second-order valence-electron chi connectivity index (χ2n) is 7.01. The third-order valence-electron chi connectivity index (χ3n) is 4.66. The minimum absolute atomic E-state index is 0.164. The van der Waals surface area contributed by atoms with Crippen molar-refractivity contribution in [2.75, 3.05) is 5.32 Å². The van der Waals surface area contributed by atoms with Gasteiger partial charge in [0.25, 0.3) is 0 Å². The van der Waals surface area contributed by atoms with Crippen molar-refractivity contribution in [2.45, 2.75) is 18.4 Å². The van der Waals surface area contributed by atoms with Crippen LogP contribution in [0.15, 0.2) is 60.8 Å². The number of urea groups is 1. The van der Waals surface area contributed by atoms with Gasteiger partial charge in [-0.1, -0.05) is 12.1 Å². The number of carbonyl (C=O) groups excluding carboxylic acids is 1. The van der Waals surface area contributed by atoms with Crippen molar-refractivity contribution in [3.63, 3.8) is 0 Å². The lowest BCUT2D eigenvalue weighted by molar-refractivity contribution is -0.387. The van der Waals surface area contributed by atoms with E-state index in [-0.39, 0.29) is 11.3 Å². The van der Waals surface area contributed by atoms with E-state index < -0.39 is 57.7 Å². The molecule has 2 N–H and O–H groups in total. The molecule has 0 saturated heterocycles. The van der Waals surface area contributed by atoms with Crippen LogP contribution in [0.1, 0.15) is 28.4 Å². The van der Waals surface area contributed by atoms with Crippen molar-refractivity contribution in [2.24, 2.45) is 0 Å². The number of carbonyl (C=O) groups is 1. The lowest BCUT2D eigenvalue weighted by Crippen LogP contribution is -2.35. The number of hydrogen-bond acceptors (Lipinski definition) is 4. The molecule has 0 aliphatic heterocycles. The van der Waals surface area contributed by atoms with Crippen molar-refractivity contribution < 1.29 is 40.5 Å². The van der Waals surface area contributed by atoms with Gasteiger partial charge in [-0.3, -0.25) is 15.1 Å². The molecule has 0 aliphatic rings. The first kappa shape index (κ1) is 25.4. The Morgan fingerprint density at radius 1 is 0.971 bits per heavy atom. The van der Waals surface area contributed by atoms with Gasteiger partial charge in [-0.05, 0) is 42.0 Å². The van der Waals surface area contributed by atoms with Crippen molar-refractivity contribution in [1.82, 2.24) is 10.3 Å². The average molecular weight is 502 g/mol.